The molecule has 1 unspecified atom stereocenters. The van der Waals surface area contributed by atoms with Crippen LogP contribution in [0.2, 0.25) is 0 Å². The van der Waals surface area contributed by atoms with Crippen molar-refractivity contribution in [2.45, 2.75) is 19.4 Å². The van der Waals surface area contributed by atoms with E-state index in [1.165, 1.54) is 0 Å². The molecule has 2 aromatic rings. The molecule has 1 atom stereocenters. The van der Waals surface area contributed by atoms with Crippen LogP contribution in [0.4, 0.5) is 11.5 Å². The lowest BCUT2D eigenvalue weighted by Crippen LogP contribution is -2.12. The number of nitriles is 1. The lowest BCUT2D eigenvalue weighted by Gasteiger charge is -2.16. The van der Waals surface area contributed by atoms with Crippen molar-refractivity contribution in [2.24, 2.45) is 0 Å². The number of anilines is 2. The summed E-state index contributed by atoms with van der Waals surface area (Å²) >= 11 is 1.58. The number of nitrogen functional groups attached to an aromatic ring is 1. The maximum atomic E-state index is 8.92. The highest BCUT2D eigenvalue weighted by atomic mass is 32.1. The number of rotatable bonds is 4. The molecule has 2 rings (SSSR count). The fraction of sp³-hybridized carbons (Fsp3) is 0.250. The van der Waals surface area contributed by atoms with Crippen LogP contribution in [0.3, 0.4) is 0 Å². The fourth-order valence-electron chi connectivity index (χ4n) is 1.60. The van der Waals surface area contributed by atoms with Gasteiger partial charge in [0.25, 0.3) is 0 Å². The summed E-state index contributed by atoms with van der Waals surface area (Å²) in [5.41, 5.74) is 6.70. The van der Waals surface area contributed by atoms with Crippen molar-refractivity contribution in [1.82, 2.24) is 9.97 Å². The van der Waals surface area contributed by atoms with Crippen LogP contribution < -0.4 is 11.1 Å². The number of aromatic nitrogens is 2. The third-order valence-corrected chi connectivity index (χ3v) is 3.47. The molecule has 0 radical (unpaired) electrons. The van der Waals surface area contributed by atoms with Gasteiger partial charge in [-0.25, -0.2) is 9.97 Å². The quantitative estimate of drug-likeness (QED) is 0.881. The van der Waals surface area contributed by atoms with Crippen LogP contribution in [0.15, 0.2) is 23.8 Å². The van der Waals surface area contributed by atoms with Gasteiger partial charge in [0.05, 0.1) is 17.3 Å². The summed E-state index contributed by atoms with van der Waals surface area (Å²) in [5.74, 6) is 0.538. The zero-order chi connectivity index (χ0) is 13.0. The van der Waals surface area contributed by atoms with Crippen LogP contribution in [-0.2, 0) is 0 Å². The minimum absolute atomic E-state index is 0.0637. The number of nitrogens with two attached hydrogens (primary N) is 1. The molecule has 18 heavy (non-hydrogen) atoms. The standard InChI is InChI=1S/C12H13N5S/c1-2-9(12-16-5-6-18-12)17-11-10(14)8(7-13)3-4-15-11/h3-6,9H,2,14H2,1H3,(H,15,17). The second-order valence-electron chi connectivity index (χ2n) is 3.71. The highest BCUT2D eigenvalue weighted by Crippen LogP contribution is 2.27. The van der Waals surface area contributed by atoms with Crippen LogP contribution in [0.25, 0.3) is 0 Å². The van der Waals surface area contributed by atoms with E-state index in [0.717, 1.165) is 11.4 Å². The highest BCUT2D eigenvalue weighted by molar-refractivity contribution is 7.09. The molecule has 3 N–H and O–H groups in total. The predicted octanol–water partition coefficient (Wildman–Crippen LogP) is 2.56. The molecule has 0 spiro atoms. The molecule has 0 fully saturated rings. The van der Waals surface area contributed by atoms with E-state index >= 15 is 0 Å². The highest BCUT2D eigenvalue weighted by Gasteiger charge is 2.14. The number of hydrogen-bond donors (Lipinski definition) is 2. The average molecular weight is 259 g/mol. The third-order valence-electron chi connectivity index (χ3n) is 2.58. The Morgan fingerprint density at radius 2 is 2.33 bits per heavy atom. The second kappa shape index (κ2) is 5.47. The molecular weight excluding hydrogens is 246 g/mol. The lowest BCUT2D eigenvalue weighted by molar-refractivity contribution is 0.738. The molecule has 0 saturated heterocycles. The minimum Gasteiger partial charge on any atom is -0.395 e. The molecule has 92 valence electrons. The fourth-order valence-corrected chi connectivity index (χ4v) is 2.37. The maximum Gasteiger partial charge on any atom is 0.151 e. The summed E-state index contributed by atoms with van der Waals surface area (Å²) < 4.78 is 0. The molecule has 0 aliphatic rings. The molecule has 0 aliphatic heterocycles. The summed E-state index contributed by atoms with van der Waals surface area (Å²) in [6.45, 7) is 2.06. The van der Waals surface area contributed by atoms with Gasteiger partial charge in [0.15, 0.2) is 5.82 Å². The Balaban J connectivity index is 2.26. The van der Waals surface area contributed by atoms with Gasteiger partial charge in [-0.05, 0) is 12.5 Å². The van der Waals surface area contributed by atoms with Gasteiger partial charge in [-0.3, -0.25) is 0 Å². The summed E-state index contributed by atoms with van der Waals surface area (Å²) in [5, 5.41) is 15.1. The average Bonchev–Trinajstić information content (AvgIpc) is 2.91. The predicted molar refractivity (Wildman–Crippen MR) is 72.1 cm³/mol. The Bertz CT molecular complexity index is 558. The van der Waals surface area contributed by atoms with Crippen molar-refractivity contribution in [1.29, 1.82) is 5.26 Å². The Morgan fingerprint density at radius 3 is 2.94 bits per heavy atom. The first-order valence-electron chi connectivity index (χ1n) is 5.56. The van der Waals surface area contributed by atoms with Crippen molar-refractivity contribution in [3.63, 3.8) is 0 Å². The van der Waals surface area contributed by atoms with Gasteiger partial charge in [-0.15, -0.1) is 11.3 Å². The zero-order valence-electron chi connectivity index (χ0n) is 9.92. The van der Waals surface area contributed by atoms with Crippen molar-refractivity contribution in [2.75, 3.05) is 11.1 Å². The van der Waals surface area contributed by atoms with Gasteiger partial charge in [-0.2, -0.15) is 5.26 Å². The van der Waals surface area contributed by atoms with Crippen molar-refractivity contribution in [3.05, 3.63) is 34.4 Å². The summed E-state index contributed by atoms with van der Waals surface area (Å²) in [7, 11) is 0. The third kappa shape index (κ3) is 2.41. The van der Waals surface area contributed by atoms with E-state index in [4.69, 9.17) is 11.0 Å². The second-order valence-corrected chi connectivity index (χ2v) is 4.63. The van der Waals surface area contributed by atoms with Crippen molar-refractivity contribution in [3.8, 4) is 6.07 Å². The van der Waals surface area contributed by atoms with E-state index < -0.39 is 0 Å². The summed E-state index contributed by atoms with van der Waals surface area (Å²) in [6, 6.07) is 3.71. The normalized spacial score (nSPS) is 11.8. The molecule has 0 amide bonds. The van der Waals surface area contributed by atoms with Gasteiger partial charge < -0.3 is 11.1 Å². The van der Waals surface area contributed by atoms with Crippen LogP contribution in [0.5, 0.6) is 0 Å². The summed E-state index contributed by atoms with van der Waals surface area (Å²) in [6.07, 6.45) is 4.21. The molecule has 0 bridgehead atoms. The summed E-state index contributed by atoms with van der Waals surface area (Å²) in [4.78, 5) is 8.45. The molecule has 2 heterocycles. The van der Waals surface area contributed by atoms with Gasteiger partial charge in [0.1, 0.15) is 11.1 Å². The van der Waals surface area contributed by atoms with Crippen LogP contribution >= 0.6 is 11.3 Å². The minimum atomic E-state index is 0.0637. The number of thiazole rings is 1. The Hall–Kier alpha value is -2.13. The monoisotopic (exact) mass is 259 g/mol. The first-order valence-corrected chi connectivity index (χ1v) is 6.44. The SMILES string of the molecule is CCC(Nc1nccc(C#N)c1N)c1nccs1. The lowest BCUT2D eigenvalue weighted by atomic mass is 10.2. The molecule has 0 aliphatic carbocycles. The van der Waals surface area contributed by atoms with Crippen LogP contribution in [0.1, 0.15) is 30.0 Å². The van der Waals surface area contributed by atoms with E-state index in [-0.39, 0.29) is 6.04 Å². The molecule has 0 saturated carbocycles. The topological polar surface area (TPSA) is 87.6 Å². The van der Waals surface area contributed by atoms with E-state index in [1.54, 1.807) is 29.8 Å². The maximum absolute atomic E-state index is 8.92. The van der Waals surface area contributed by atoms with Gasteiger partial charge >= 0.3 is 0 Å². The van der Waals surface area contributed by atoms with Crippen LogP contribution in [0, 0.1) is 11.3 Å². The first kappa shape index (κ1) is 12.3. The first-order chi connectivity index (χ1) is 8.76. The molecule has 0 aromatic carbocycles. The zero-order valence-corrected chi connectivity index (χ0v) is 10.7. The molecule has 5 nitrogen and oxygen atoms in total. The van der Waals surface area contributed by atoms with E-state index in [9.17, 15) is 0 Å². The van der Waals surface area contributed by atoms with Crippen molar-refractivity contribution < 1.29 is 0 Å². The largest absolute Gasteiger partial charge is 0.395 e. The van der Waals surface area contributed by atoms with E-state index in [1.807, 2.05) is 11.4 Å². The van der Waals surface area contributed by atoms with Gasteiger partial charge in [-0.1, -0.05) is 6.92 Å². The molecule has 2 aromatic heterocycles. The Labute approximate surface area is 109 Å². The van der Waals surface area contributed by atoms with E-state index in [2.05, 4.69) is 22.2 Å². The smallest absolute Gasteiger partial charge is 0.151 e. The van der Waals surface area contributed by atoms with Crippen LogP contribution in [-0.4, -0.2) is 9.97 Å². The van der Waals surface area contributed by atoms with E-state index in [0.29, 0.717) is 17.1 Å². The Kier molecular flexibility index (Phi) is 3.75. The number of nitrogens with zero attached hydrogens (tertiary/aromatic N) is 3. The van der Waals surface area contributed by atoms with Crippen molar-refractivity contribution >= 4 is 22.8 Å². The number of pyridine rings is 1. The Morgan fingerprint density at radius 1 is 1.50 bits per heavy atom. The van der Waals surface area contributed by atoms with Gasteiger partial charge in [0, 0.05) is 17.8 Å². The van der Waals surface area contributed by atoms with Gasteiger partial charge in [0.2, 0.25) is 0 Å². The number of hydrogen-bond acceptors (Lipinski definition) is 6. The molecular formula is C12H13N5S. The number of nitrogens with one attached hydrogen (secondary N) is 1. The molecule has 6 heteroatoms.